The molecule has 2 aliphatic heterocycles. The second-order valence-corrected chi connectivity index (χ2v) is 9.93. The zero-order chi connectivity index (χ0) is 28.3. The molecule has 10 nitrogen and oxygen atoms in total. The number of carbonyl (C=O) groups is 2. The van der Waals surface area contributed by atoms with Crippen molar-refractivity contribution in [3.8, 4) is 6.07 Å². The van der Waals surface area contributed by atoms with Crippen LogP contribution in [-0.4, -0.2) is 79.4 Å². The van der Waals surface area contributed by atoms with Crippen LogP contribution in [0.3, 0.4) is 0 Å². The Bertz CT molecular complexity index is 1260. The number of nitrogens with zero attached hydrogens (tertiary/aromatic N) is 4. The number of halogens is 3. The lowest BCUT2D eigenvalue weighted by Gasteiger charge is -2.36. The Kier molecular flexibility index (Phi) is 8.20. The van der Waals surface area contributed by atoms with Crippen LogP contribution in [0.15, 0.2) is 42.6 Å². The summed E-state index contributed by atoms with van der Waals surface area (Å²) in [4.78, 5) is 33.0. The highest BCUT2D eigenvalue weighted by atomic mass is 19.4. The van der Waals surface area contributed by atoms with Crippen LogP contribution >= 0.6 is 0 Å². The number of piperazine rings is 1. The maximum absolute atomic E-state index is 13.7. The van der Waals surface area contributed by atoms with Gasteiger partial charge in [-0.25, -0.2) is 10.4 Å². The van der Waals surface area contributed by atoms with Gasteiger partial charge >= 0.3 is 6.18 Å². The number of anilines is 1. The van der Waals surface area contributed by atoms with Gasteiger partial charge in [-0.15, -0.1) is 0 Å². The number of nitriles is 1. The summed E-state index contributed by atoms with van der Waals surface area (Å²) in [7, 11) is 0. The van der Waals surface area contributed by atoms with Gasteiger partial charge in [0.1, 0.15) is 18.0 Å². The zero-order valence-electron chi connectivity index (χ0n) is 21.6. The Morgan fingerprint density at radius 2 is 1.90 bits per heavy atom. The second kappa shape index (κ2) is 11.8. The molecule has 2 N–H and O–H groups in total. The standard InChI is InChI=1S/C27H29F3N6O4/c28-27(29,30)24-21(16-33-34-26(24)38)40-25-19-4-2-1-3-18(19)13-20(25)39-12-7-23(37)36-10-8-35(9-11-36)22-6-5-17(14-31)15-32-22/h1-6,15,20-21,24-25,33H,7-13,16H2,(H,34,38). The molecule has 2 amide bonds. The maximum Gasteiger partial charge on any atom is 0.403 e. The van der Waals surface area contributed by atoms with E-state index in [0.29, 0.717) is 38.2 Å². The lowest BCUT2D eigenvalue weighted by atomic mass is 9.98. The first-order valence-electron chi connectivity index (χ1n) is 13.1. The fourth-order valence-corrected chi connectivity index (χ4v) is 5.39. The van der Waals surface area contributed by atoms with E-state index in [-0.39, 0.29) is 25.5 Å². The Balaban J connectivity index is 1.16. The number of benzene rings is 1. The topological polar surface area (TPSA) is 120 Å². The Hall–Kier alpha value is -3.73. The smallest absolute Gasteiger partial charge is 0.374 e. The summed E-state index contributed by atoms with van der Waals surface area (Å²) >= 11 is 0. The quantitative estimate of drug-likeness (QED) is 0.529. The molecular formula is C27H29F3N6O4. The van der Waals surface area contributed by atoms with Gasteiger partial charge in [-0.05, 0) is 23.3 Å². The number of fused-ring (bicyclic) bond motifs is 1. The Morgan fingerprint density at radius 3 is 2.60 bits per heavy atom. The highest BCUT2D eigenvalue weighted by Gasteiger charge is 2.53. The minimum absolute atomic E-state index is 0.0781. The van der Waals surface area contributed by atoms with Crippen molar-refractivity contribution >= 4 is 17.6 Å². The number of hydrazine groups is 1. The third kappa shape index (κ3) is 6.04. The summed E-state index contributed by atoms with van der Waals surface area (Å²) < 4.78 is 53.0. The van der Waals surface area contributed by atoms with Crippen LogP contribution in [0.4, 0.5) is 19.0 Å². The molecule has 2 fully saturated rings. The van der Waals surface area contributed by atoms with E-state index in [4.69, 9.17) is 14.7 Å². The summed E-state index contributed by atoms with van der Waals surface area (Å²) in [6.45, 7) is 2.10. The third-order valence-corrected chi connectivity index (χ3v) is 7.44. The number of rotatable bonds is 7. The average Bonchev–Trinajstić information content (AvgIpc) is 3.29. The van der Waals surface area contributed by atoms with Gasteiger partial charge in [0.15, 0.2) is 5.92 Å². The highest BCUT2D eigenvalue weighted by molar-refractivity contribution is 5.80. The third-order valence-electron chi connectivity index (χ3n) is 7.44. The normalized spacial score (nSPS) is 24.8. The summed E-state index contributed by atoms with van der Waals surface area (Å²) in [5.74, 6) is -2.82. The van der Waals surface area contributed by atoms with Crippen molar-refractivity contribution in [1.29, 1.82) is 5.26 Å². The number of ether oxygens (including phenoxy) is 2. The van der Waals surface area contributed by atoms with Crippen LogP contribution in [0, 0.1) is 17.2 Å². The molecule has 1 aromatic heterocycles. The maximum atomic E-state index is 13.7. The van der Waals surface area contributed by atoms with Crippen LogP contribution in [0.2, 0.25) is 0 Å². The first-order valence-corrected chi connectivity index (χ1v) is 13.1. The van der Waals surface area contributed by atoms with E-state index < -0.39 is 36.3 Å². The molecule has 2 saturated heterocycles. The van der Waals surface area contributed by atoms with Gasteiger partial charge in [-0.3, -0.25) is 15.0 Å². The monoisotopic (exact) mass is 558 g/mol. The van der Waals surface area contributed by atoms with Crippen molar-refractivity contribution in [1.82, 2.24) is 20.7 Å². The summed E-state index contributed by atoms with van der Waals surface area (Å²) in [5.41, 5.74) is 6.61. The van der Waals surface area contributed by atoms with Crippen LogP contribution < -0.4 is 15.8 Å². The molecule has 0 spiro atoms. The largest absolute Gasteiger partial charge is 0.403 e. The molecule has 1 aliphatic carbocycles. The molecule has 3 aliphatic rings. The first kappa shape index (κ1) is 27.8. The van der Waals surface area contributed by atoms with Crippen molar-refractivity contribution in [3.05, 3.63) is 59.3 Å². The van der Waals surface area contributed by atoms with Crippen molar-refractivity contribution in [2.24, 2.45) is 5.92 Å². The second-order valence-electron chi connectivity index (χ2n) is 9.93. The molecule has 4 atom stereocenters. The van der Waals surface area contributed by atoms with Crippen molar-refractivity contribution in [2.45, 2.75) is 37.3 Å². The van der Waals surface area contributed by atoms with Gasteiger partial charge in [0.05, 0.1) is 30.8 Å². The fourth-order valence-electron chi connectivity index (χ4n) is 5.39. The number of alkyl halides is 3. The molecule has 0 radical (unpaired) electrons. The molecule has 0 bridgehead atoms. The summed E-state index contributed by atoms with van der Waals surface area (Å²) in [6.07, 6.45) is -5.54. The number of carbonyl (C=O) groups excluding carboxylic acids is 2. The average molecular weight is 559 g/mol. The fraction of sp³-hybridized carbons (Fsp3) is 0.481. The van der Waals surface area contributed by atoms with Gasteiger partial charge in [0, 0.05) is 45.3 Å². The number of aromatic nitrogens is 1. The van der Waals surface area contributed by atoms with Crippen LogP contribution in [-0.2, 0) is 25.5 Å². The van der Waals surface area contributed by atoms with Crippen LogP contribution in [0.5, 0.6) is 0 Å². The molecule has 13 heteroatoms. The number of hydrogen-bond donors (Lipinski definition) is 2. The highest BCUT2D eigenvalue weighted by Crippen LogP contribution is 2.40. The molecule has 2 aromatic rings. The molecule has 1 aromatic carbocycles. The van der Waals surface area contributed by atoms with E-state index in [2.05, 4.69) is 10.4 Å². The van der Waals surface area contributed by atoms with E-state index in [1.807, 2.05) is 28.5 Å². The summed E-state index contributed by atoms with van der Waals surface area (Å²) in [5, 5.41) is 8.94. The Morgan fingerprint density at radius 1 is 1.12 bits per heavy atom. The molecule has 3 heterocycles. The number of hydrogen-bond acceptors (Lipinski definition) is 8. The van der Waals surface area contributed by atoms with E-state index >= 15 is 0 Å². The SMILES string of the molecule is N#Cc1ccc(N2CCN(C(=O)CCOC3Cc4ccccc4C3OC3CNNC(=O)C3C(F)(F)F)CC2)nc1. The predicted octanol–water partition coefficient (Wildman–Crippen LogP) is 1.87. The van der Waals surface area contributed by atoms with Gasteiger partial charge in [-0.2, -0.15) is 18.4 Å². The molecule has 0 saturated carbocycles. The van der Waals surface area contributed by atoms with Crippen molar-refractivity contribution in [2.75, 3.05) is 44.2 Å². The predicted molar refractivity (Wildman–Crippen MR) is 136 cm³/mol. The van der Waals surface area contributed by atoms with Gasteiger partial charge in [-0.1, -0.05) is 24.3 Å². The van der Waals surface area contributed by atoms with E-state index in [0.717, 1.165) is 16.9 Å². The van der Waals surface area contributed by atoms with E-state index in [1.165, 1.54) is 6.20 Å². The minimum Gasteiger partial charge on any atom is -0.374 e. The van der Waals surface area contributed by atoms with Gasteiger partial charge in [0.25, 0.3) is 0 Å². The van der Waals surface area contributed by atoms with Gasteiger partial charge in [0.2, 0.25) is 11.8 Å². The van der Waals surface area contributed by atoms with E-state index in [9.17, 15) is 22.8 Å². The van der Waals surface area contributed by atoms with Crippen molar-refractivity contribution < 1.29 is 32.2 Å². The first-order chi connectivity index (χ1) is 19.2. The number of nitrogens with one attached hydrogen (secondary N) is 2. The molecular weight excluding hydrogens is 529 g/mol. The van der Waals surface area contributed by atoms with Crippen LogP contribution in [0.1, 0.15) is 29.2 Å². The molecule has 40 heavy (non-hydrogen) atoms. The molecule has 4 unspecified atom stereocenters. The minimum atomic E-state index is -4.77. The van der Waals surface area contributed by atoms with Crippen molar-refractivity contribution in [3.63, 3.8) is 0 Å². The number of pyridine rings is 1. The van der Waals surface area contributed by atoms with E-state index in [1.54, 1.807) is 29.2 Å². The zero-order valence-corrected chi connectivity index (χ0v) is 21.6. The lowest BCUT2D eigenvalue weighted by Crippen LogP contribution is -2.60. The molecule has 5 rings (SSSR count). The molecule has 212 valence electrons. The Labute approximate surface area is 229 Å². The van der Waals surface area contributed by atoms with Gasteiger partial charge < -0.3 is 19.3 Å². The lowest BCUT2D eigenvalue weighted by molar-refractivity contribution is -0.224. The van der Waals surface area contributed by atoms with Crippen LogP contribution in [0.25, 0.3) is 0 Å². The number of amides is 2. The summed E-state index contributed by atoms with van der Waals surface area (Å²) in [6, 6.07) is 12.8.